The molecular formula is C15H28N4S. The van der Waals surface area contributed by atoms with Crippen LogP contribution in [0.5, 0.6) is 0 Å². The highest BCUT2D eigenvalue weighted by molar-refractivity contribution is 7.15. The van der Waals surface area contributed by atoms with Crippen molar-refractivity contribution in [3.8, 4) is 0 Å². The Balaban J connectivity index is 1.92. The number of aromatic nitrogens is 1. The second-order valence-electron chi connectivity index (χ2n) is 6.64. The summed E-state index contributed by atoms with van der Waals surface area (Å²) in [6.45, 7) is 16.5. The van der Waals surface area contributed by atoms with Gasteiger partial charge >= 0.3 is 0 Å². The molecule has 1 saturated heterocycles. The van der Waals surface area contributed by atoms with Gasteiger partial charge in [0.05, 0.1) is 0 Å². The fourth-order valence-electron chi connectivity index (χ4n) is 2.52. The molecule has 0 aliphatic carbocycles. The predicted molar refractivity (Wildman–Crippen MR) is 87.6 cm³/mol. The molecule has 1 atom stereocenters. The number of hydrogen-bond donors (Lipinski definition) is 1. The van der Waals surface area contributed by atoms with Gasteiger partial charge in [-0.3, -0.25) is 4.90 Å². The smallest absolute Gasteiger partial charge is 0.185 e. The molecule has 1 aliphatic rings. The zero-order valence-electron chi connectivity index (χ0n) is 13.4. The molecule has 1 unspecified atom stereocenters. The first-order valence-corrected chi connectivity index (χ1v) is 8.39. The normalized spacial score (nSPS) is 21.4. The fraction of sp³-hybridized carbons (Fsp3) is 0.800. The van der Waals surface area contributed by atoms with E-state index in [1.807, 2.05) is 17.5 Å². The Bertz CT molecular complexity index is 424. The highest BCUT2D eigenvalue weighted by Crippen LogP contribution is 2.25. The summed E-state index contributed by atoms with van der Waals surface area (Å²) >= 11 is 1.82. The van der Waals surface area contributed by atoms with Gasteiger partial charge in [-0.1, -0.05) is 6.92 Å². The third-order valence-corrected chi connectivity index (χ3v) is 4.83. The summed E-state index contributed by atoms with van der Waals surface area (Å²) in [5.74, 6) is 0. The van der Waals surface area contributed by atoms with E-state index in [4.69, 9.17) is 0 Å². The van der Waals surface area contributed by atoms with E-state index >= 15 is 0 Å². The van der Waals surface area contributed by atoms with E-state index in [9.17, 15) is 0 Å². The number of rotatable bonds is 4. The molecule has 1 aromatic rings. The van der Waals surface area contributed by atoms with Gasteiger partial charge in [0.25, 0.3) is 0 Å². The number of anilines is 1. The third-order valence-electron chi connectivity index (χ3n) is 3.78. The minimum Gasteiger partial charge on any atom is -0.345 e. The first-order chi connectivity index (χ1) is 9.39. The molecule has 1 N–H and O–H groups in total. The van der Waals surface area contributed by atoms with Crippen LogP contribution in [0.2, 0.25) is 0 Å². The van der Waals surface area contributed by atoms with Gasteiger partial charge in [0.15, 0.2) is 5.13 Å². The van der Waals surface area contributed by atoms with E-state index in [1.54, 1.807) is 0 Å². The zero-order valence-corrected chi connectivity index (χ0v) is 14.3. The molecule has 0 radical (unpaired) electrons. The van der Waals surface area contributed by atoms with E-state index in [0.717, 1.165) is 32.7 Å². The average Bonchev–Trinajstić information content (AvgIpc) is 2.84. The lowest BCUT2D eigenvalue weighted by Gasteiger charge is -2.39. The third kappa shape index (κ3) is 4.17. The first kappa shape index (κ1) is 15.7. The number of thiazole rings is 1. The molecule has 0 aromatic carbocycles. The van der Waals surface area contributed by atoms with Gasteiger partial charge in [0.1, 0.15) is 0 Å². The molecule has 0 saturated carbocycles. The Morgan fingerprint density at radius 3 is 2.75 bits per heavy atom. The molecule has 0 amide bonds. The van der Waals surface area contributed by atoms with Crippen LogP contribution in [-0.2, 0) is 6.54 Å². The van der Waals surface area contributed by atoms with Crippen molar-refractivity contribution in [1.82, 2.24) is 15.2 Å². The number of nitrogens with one attached hydrogen (secondary N) is 1. The largest absolute Gasteiger partial charge is 0.345 e. The molecule has 0 spiro atoms. The summed E-state index contributed by atoms with van der Waals surface area (Å²) in [4.78, 5) is 10.9. The van der Waals surface area contributed by atoms with E-state index < -0.39 is 0 Å². The van der Waals surface area contributed by atoms with Gasteiger partial charge in [0, 0.05) is 48.8 Å². The maximum Gasteiger partial charge on any atom is 0.185 e. The van der Waals surface area contributed by atoms with Crippen molar-refractivity contribution in [2.45, 2.75) is 52.7 Å². The van der Waals surface area contributed by atoms with Gasteiger partial charge in [0.2, 0.25) is 0 Å². The van der Waals surface area contributed by atoms with Gasteiger partial charge in [-0.15, -0.1) is 11.3 Å². The van der Waals surface area contributed by atoms with Crippen molar-refractivity contribution in [3.05, 3.63) is 11.1 Å². The van der Waals surface area contributed by atoms with E-state index in [1.165, 1.54) is 10.0 Å². The van der Waals surface area contributed by atoms with E-state index in [-0.39, 0.29) is 5.54 Å². The minimum atomic E-state index is 0.158. The van der Waals surface area contributed by atoms with Crippen LogP contribution in [0.15, 0.2) is 6.20 Å². The fourth-order valence-corrected chi connectivity index (χ4v) is 3.40. The number of likely N-dealkylation sites (N-methyl/N-ethyl adjacent to an activating group) is 1. The molecule has 20 heavy (non-hydrogen) atoms. The van der Waals surface area contributed by atoms with Crippen LogP contribution in [0.1, 0.15) is 39.5 Å². The Hall–Kier alpha value is -0.650. The van der Waals surface area contributed by atoms with Crippen molar-refractivity contribution >= 4 is 16.5 Å². The molecule has 5 heteroatoms. The number of hydrogen-bond acceptors (Lipinski definition) is 5. The monoisotopic (exact) mass is 296 g/mol. The zero-order chi connectivity index (χ0) is 14.8. The van der Waals surface area contributed by atoms with Crippen LogP contribution in [0, 0.1) is 0 Å². The maximum atomic E-state index is 4.61. The highest BCUT2D eigenvalue weighted by atomic mass is 32.1. The van der Waals surface area contributed by atoms with Crippen LogP contribution < -0.4 is 10.2 Å². The quantitative estimate of drug-likeness (QED) is 0.925. The van der Waals surface area contributed by atoms with Crippen molar-refractivity contribution in [2.75, 3.05) is 31.1 Å². The molecule has 0 bridgehead atoms. The summed E-state index contributed by atoms with van der Waals surface area (Å²) in [7, 11) is 0. The number of nitrogens with zero attached hydrogens (tertiary/aromatic N) is 3. The topological polar surface area (TPSA) is 31.4 Å². The van der Waals surface area contributed by atoms with Crippen molar-refractivity contribution in [3.63, 3.8) is 0 Å². The minimum absolute atomic E-state index is 0.158. The molecule has 114 valence electrons. The second kappa shape index (κ2) is 6.41. The van der Waals surface area contributed by atoms with Crippen LogP contribution in [0.25, 0.3) is 0 Å². The Morgan fingerprint density at radius 1 is 1.40 bits per heavy atom. The Labute approximate surface area is 127 Å². The van der Waals surface area contributed by atoms with Gasteiger partial charge in [-0.2, -0.15) is 0 Å². The molecule has 1 aliphatic heterocycles. The van der Waals surface area contributed by atoms with Crippen molar-refractivity contribution in [1.29, 1.82) is 0 Å². The number of piperazine rings is 1. The molecule has 1 aromatic heterocycles. The van der Waals surface area contributed by atoms with Crippen molar-refractivity contribution in [2.24, 2.45) is 0 Å². The summed E-state index contributed by atoms with van der Waals surface area (Å²) in [5.41, 5.74) is 0.158. The molecule has 2 rings (SSSR count). The van der Waals surface area contributed by atoms with Gasteiger partial charge in [-0.25, -0.2) is 4.98 Å². The summed E-state index contributed by atoms with van der Waals surface area (Å²) in [6.07, 6.45) is 2.02. The van der Waals surface area contributed by atoms with Gasteiger partial charge in [-0.05, 0) is 34.2 Å². The second-order valence-corrected chi connectivity index (χ2v) is 7.73. The van der Waals surface area contributed by atoms with Crippen LogP contribution in [-0.4, -0.2) is 47.6 Å². The van der Waals surface area contributed by atoms with E-state index in [2.05, 4.69) is 54.7 Å². The lowest BCUT2D eigenvalue weighted by Crippen LogP contribution is -2.51. The lowest BCUT2D eigenvalue weighted by molar-refractivity contribution is 0.199. The summed E-state index contributed by atoms with van der Waals surface area (Å²) in [6, 6.07) is 0.619. The lowest BCUT2D eigenvalue weighted by atomic mass is 10.1. The summed E-state index contributed by atoms with van der Waals surface area (Å²) in [5, 5.41) is 4.70. The Kier molecular flexibility index (Phi) is 5.04. The van der Waals surface area contributed by atoms with Crippen LogP contribution in [0.3, 0.4) is 0 Å². The maximum absolute atomic E-state index is 4.61. The first-order valence-electron chi connectivity index (χ1n) is 7.58. The Morgan fingerprint density at radius 2 is 2.15 bits per heavy atom. The van der Waals surface area contributed by atoms with Gasteiger partial charge < -0.3 is 10.2 Å². The predicted octanol–water partition coefficient (Wildman–Crippen LogP) is 2.56. The van der Waals surface area contributed by atoms with Crippen molar-refractivity contribution < 1.29 is 0 Å². The molecule has 2 heterocycles. The van der Waals surface area contributed by atoms with E-state index in [0.29, 0.717) is 6.04 Å². The standard InChI is InChI=1S/C15H28N4S/c1-6-18-7-8-19(11-12(18)2)14-16-9-13(20-14)10-17-15(3,4)5/h9,12,17H,6-8,10-11H2,1-5H3. The van der Waals surface area contributed by atoms with Crippen LogP contribution >= 0.6 is 11.3 Å². The SMILES string of the molecule is CCN1CCN(c2ncc(CNC(C)(C)C)s2)CC1C. The molecular weight excluding hydrogens is 268 g/mol. The average molecular weight is 296 g/mol. The summed E-state index contributed by atoms with van der Waals surface area (Å²) < 4.78 is 0. The molecule has 4 nitrogen and oxygen atoms in total. The molecule has 1 fully saturated rings. The van der Waals surface area contributed by atoms with Crippen LogP contribution in [0.4, 0.5) is 5.13 Å². The highest BCUT2D eigenvalue weighted by Gasteiger charge is 2.24.